The van der Waals surface area contributed by atoms with Crippen molar-refractivity contribution in [3.05, 3.63) is 28.5 Å². The van der Waals surface area contributed by atoms with Crippen molar-refractivity contribution in [2.24, 2.45) is 0 Å². The summed E-state index contributed by atoms with van der Waals surface area (Å²) >= 11 is 3.15. The lowest BCUT2D eigenvalue weighted by Crippen LogP contribution is -2.62. The average molecular weight is 318 g/mol. The number of nitrogens with zero attached hydrogens (tertiary/aromatic N) is 1. The second-order valence-electron chi connectivity index (χ2n) is 4.61. The largest absolute Gasteiger partial charge is 0.483 e. The van der Waals surface area contributed by atoms with E-state index in [2.05, 4.69) is 15.9 Å². The Morgan fingerprint density at radius 2 is 2.28 bits per heavy atom. The van der Waals surface area contributed by atoms with E-state index in [1.807, 2.05) is 0 Å². The lowest BCUT2D eigenvalue weighted by molar-refractivity contribution is -0.154. The molecule has 1 aromatic carbocycles. The van der Waals surface area contributed by atoms with Crippen molar-refractivity contribution >= 4 is 21.8 Å². The molecule has 1 fully saturated rings. The van der Waals surface area contributed by atoms with Crippen LogP contribution < -0.4 is 4.74 Å². The fourth-order valence-corrected chi connectivity index (χ4v) is 2.24. The Bertz CT molecular complexity index is 470. The predicted octanol–water partition coefficient (Wildman–Crippen LogP) is 1.56. The number of aliphatic hydroxyl groups is 1. The average Bonchev–Trinajstić information content (AvgIpc) is 2.24. The van der Waals surface area contributed by atoms with Crippen molar-refractivity contribution in [2.45, 2.75) is 12.5 Å². The Morgan fingerprint density at radius 1 is 1.61 bits per heavy atom. The molecule has 1 amide bonds. The van der Waals surface area contributed by atoms with Crippen LogP contribution >= 0.6 is 15.9 Å². The van der Waals surface area contributed by atoms with Crippen molar-refractivity contribution in [3.8, 4) is 5.75 Å². The summed E-state index contributed by atoms with van der Waals surface area (Å²) in [6.45, 7) is 2.19. The van der Waals surface area contributed by atoms with Crippen molar-refractivity contribution in [2.75, 3.05) is 19.7 Å². The van der Waals surface area contributed by atoms with Crippen LogP contribution in [0.4, 0.5) is 4.39 Å². The Morgan fingerprint density at radius 3 is 2.83 bits per heavy atom. The summed E-state index contributed by atoms with van der Waals surface area (Å²) in [7, 11) is 0. The van der Waals surface area contributed by atoms with Gasteiger partial charge in [0.15, 0.2) is 6.61 Å². The SMILES string of the molecule is CC1(O)CN(C(=O)COc2ccc(F)cc2Br)C1. The van der Waals surface area contributed by atoms with E-state index < -0.39 is 5.60 Å². The van der Waals surface area contributed by atoms with E-state index >= 15 is 0 Å². The highest BCUT2D eigenvalue weighted by molar-refractivity contribution is 9.10. The zero-order valence-electron chi connectivity index (χ0n) is 9.82. The normalized spacial score (nSPS) is 17.2. The van der Waals surface area contributed by atoms with E-state index in [1.165, 1.54) is 23.1 Å². The third kappa shape index (κ3) is 3.00. The van der Waals surface area contributed by atoms with Gasteiger partial charge < -0.3 is 14.7 Å². The number of carbonyl (C=O) groups excluding carboxylic acids is 1. The zero-order valence-corrected chi connectivity index (χ0v) is 11.4. The molecule has 4 nitrogen and oxygen atoms in total. The van der Waals surface area contributed by atoms with Crippen molar-refractivity contribution < 1.29 is 19.0 Å². The summed E-state index contributed by atoms with van der Waals surface area (Å²) in [5.74, 6) is -0.158. The standard InChI is InChI=1S/C12H13BrFNO3/c1-12(17)6-15(7-12)11(16)5-18-10-3-2-8(14)4-9(10)13/h2-4,17H,5-7H2,1H3. The summed E-state index contributed by atoms with van der Waals surface area (Å²) in [5, 5.41) is 9.51. The molecule has 98 valence electrons. The molecule has 0 spiro atoms. The molecule has 1 aliphatic rings. The fourth-order valence-electron chi connectivity index (χ4n) is 1.78. The van der Waals surface area contributed by atoms with Gasteiger partial charge in [-0.25, -0.2) is 4.39 Å². The van der Waals surface area contributed by atoms with Gasteiger partial charge >= 0.3 is 0 Å². The third-order valence-electron chi connectivity index (χ3n) is 2.66. The van der Waals surface area contributed by atoms with Gasteiger partial charge in [-0.15, -0.1) is 0 Å². The molecule has 0 bridgehead atoms. The maximum Gasteiger partial charge on any atom is 0.260 e. The quantitative estimate of drug-likeness (QED) is 0.920. The van der Waals surface area contributed by atoms with Gasteiger partial charge in [0, 0.05) is 0 Å². The van der Waals surface area contributed by atoms with Gasteiger partial charge in [-0.3, -0.25) is 4.79 Å². The number of β-amino-alcohol motifs (C(OH)–C–C–N with tert-alkyl or cyclic N) is 1. The van der Waals surface area contributed by atoms with Gasteiger partial charge in [0.1, 0.15) is 11.6 Å². The molecule has 1 N–H and O–H groups in total. The van der Waals surface area contributed by atoms with Gasteiger partial charge in [-0.05, 0) is 41.1 Å². The van der Waals surface area contributed by atoms with Crippen molar-refractivity contribution in [1.82, 2.24) is 4.90 Å². The highest BCUT2D eigenvalue weighted by Crippen LogP contribution is 2.26. The fraction of sp³-hybridized carbons (Fsp3) is 0.417. The van der Waals surface area contributed by atoms with E-state index in [-0.39, 0.29) is 18.3 Å². The molecule has 1 saturated heterocycles. The van der Waals surface area contributed by atoms with Gasteiger partial charge in [0.25, 0.3) is 5.91 Å². The topological polar surface area (TPSA) is 49.8 Å². The monoisotopic (exact) mass is 317 g/mol. The molecule has 0 aromatic heterocycles. The molecule has 1 aromatic rings. The lowest BCUT2D eigenvalue weighted by atomic mass is 9.97. The van der Waals surface area contributed by atoms with E-state index in [4.69, 9.17) is 4.74 Å². The minimum Gasteiger partial charge on any atom is -0.483 e. The van der Waals surface area contributed by atoms with Gasteiger partial charge in [-0.2, -0.15) is 0 Å². The maximum atomic E-state index is 12.8. The number of halogens is 2. The molecule has 0 saturated carbocycles. The number of benzene rings is 1. The summed E-state index contributed by atoms with van der Waals surface area (Å²) in [6, 6.07) is 3.99. The van der Waals surface area contributed by atoms with Crippen molar-refractivity contribution in [3.63, 3.8) is 0 Å². The summed E-state index contributed by atoms with van der Waals surface area (Å²) in [5.41, 5.74) is -0.786. The van der Waals surface area contributed by atoms with E-state index in [0.717, 1.165) is 0 Å². The Labute approximate surface area is 112 Å². The van der Waals surface area contributed by atoms with Crippen LogP contribution in [0.25, 0.3) is 0 Å². The minimum absolute atomic E-state index is 0.125. The molecule has 0 unspecified atom stereocenters. The third-order valence-corrected chi connectivity index (χ3v) is 3.28. The summed E-state index contributed by atoms with van der Waals surface area (Å²) < 4.78 is 18.6. The van der Waals surface area contributed by atoms with Gasteiger partial charge in [-0.1, -0.05) is 0 Å². The Hall–Kier alpha value is -1.14. The molecule has 2 rings (SSSR count). The van der Waals surface area contributed by atoms with E-state index in [9.17, 15) is 14.3 Å². The molecule has 0 radical (unpaired) electrons. The Balaban J connectivity index is 1.86. The highest BCUT2D eigenvalue weighted by atomic mass is 79.9. The van der Waals surface area contributed by atoms with Crippen LogP contribution in [-0.2, 0) is 4.79 Å². The first-order valence-electron chi connectivity index (χ1n) is 5.45. The van der Waals surface area contributed by atoms with Gasteiger partial charge in [0.2, 0.25) is 0 Å². The Kier molecular flexibility index (Phi) is 3.59. The number of hydrogen-bond donors (Lipinski definition) is 1. The van der Waals surface area contributed by atoms with Crippen LogP contribution in [0.1, 0.15) is 6.92 Å². The number of ether oxygens (including phenoxy) is 1. The summed E-state index contributed by atoms with van der Waals surface area (Å²) in [4.78, 5) is 13.2. The molecule has 1 heterocycles. The number of hydrogen-bond acceptors (Lipinski definition) is 3. The summed E-state index contributed by atoms with van der Waals surface area (Å²) in [6.07, 6.45) is 0. The molecule has 6 heteroatoms. The zero-order chi connectivity index (χ0) is 13.3. The lowest BCUT2D eigenvalue weighted by Gasteiger charge is -2.44. The molecular weight excluding hydrogens is 305 g/mol. The first kappa shape index (κ1) is 13.3. The second-order valence-corrected chi connectivity index (χ2v) is 5.46. The first-order valence-corrected chi connectivity index (χ1v) is 6.25. The number of rotatable bonds is 3. The van der Waals surface area contributed by atoms with Crippen LogP contribution in [0, 0.1) is 5.82 Å². The van der Waals surface area contributed by atoms with E-state index in [1.54, 1.807) is 6.92 Å². The predicted molar refractivity (Wildman–Crippen MR) is 66.8 cm³/mol. The van der Waals surface area contributed by atoms with E-state index in [0.29, 0.717) is 23.3 Å². The van der Waals surface area contributed by atoms with Crippen LogP contribution in [0.3, 0.4) is 0 Å². The smallest absolute Gasteiger partial charge is 0.260 e. The first-order chi connectivity index (χ1) is 8.37. The highest BCUT2D eigenvalue weighted by Gasteiger charge is 2.39. The van der Waals surface area contributed by atoms with Crippen LogP contribution in [-0.4, -0.2) is 41.2 Å². The second kappa shape index (κ2) is 4.85. The van der Waals surface area contributed by atoms with Crippen LogP contribution in [0.15, 0.2) is 22.7 Å². The van der Waals surface area contributed by atoms with Gasteiger partial charge in [0.05, 0.1) is 23.2 Å². The number of amides is 1. The molecule has 1 aliphatic heterocycles. The van der Waals surface area contributed by atoms with Crippen LogP contribution in [0.2, 0.25) is 0 Å². The molecule has 0 aliphatic carbocycles. The number of carbonyl (C=O) groups is 1. The molecular formula is C12H13BrFNO3. The molecule has 18 heavy (non-hydrogen) atoms. The minimum atomic E-state index is -0.786. The maximum absolute atomic E-state index is 12.8. The molecule has 0 atom stereocenters. The number of likely N-dealkylation sites (tertiary alicyclic amines) is 1. The van der Waals surface area contributed by atoms with Crippen LogP contribution in [0.5, 0.6) is 5.75 Å². The van der Waals surface area contributed by atoms with Crippen molar-refractivity contribution in [1.29, 1.82) is 0 Å².